The van der Waals surface area contributed by atoms with Gasteiger partial charge in [0, 0.05) is 26.8 Å². The summed E-state index contributed by atoms with van der Waals surface area (Å²) in [6.45, 7) is 3.45. The highest BCUT2D eigenvalue weighted by atomic mass is 16.7. The van der Waals surface area contributed by atoms with Gasteiger partial charge in [-0.25, -0.2) is 4.98 Å². The zero-order valence-electron chi connectivity index (χ0n) is 20.7. The number of nitrogens with zero attached hydrogens (tertiary/aromatic N) is 5. The van der Waals surface area contributed by atoms with Crippen LogP contribution in [0, 0.1) is 23.2 Å². The Bertz CT molecular complexity index is 1270. The Balaban J connectivity index is 1.52. The van der Waals surface area contributed by atoms with Gasteiger partial charge in [0.05, 0.1) is 6.33 Å². The molecule has 196 valence electrons. The zero-order chi connectivity index (χ0) is 26.3. The number of nitriles is 1. The van der Waals surface area contributed by atoms with Crippen molar-refractivity contribution >= 4 is 34.9 Å². The molecular weight excluding hydrogens is 484 g/mol. The summed E-state index contributed by atoms with van der Waals surface area (Å²) in [6.07, 6.45) is 1.97. The maximum absolute atomic E-state index is 12.0. The van der Waals surface area contributed by atoms with Gasteiger partial charge in [-0.1, -0.05) is 6.42 Å². The number of anilines is 1. The SMILES string of the molecule is CC(=O)OCC1OC(n2cnc3c(NC4CC5CCC4C5)nc(C#N)nc32)C(OC(C)=O)C1OC(C)=O. The van der Waals surface area contributed by atoms with Crippen molar-refractivity contribution in [3.8, 4) is 6.07 Å². The van der Waals surface area contributed by atoms with Crippen molar-refractivity contribution in [1.82, 2.24) is 19.5 Å². The summed E-state index contributed by atoms with van der Waals surface area (Å²) in [5, 5.41) is 13.1. The lowest BCUT2D eigenvalue weighted by atomic mass is 9.95. The minimum absolute atomic E-state index is 0.0602. The summed E-state index contributed by atoms with van der Waals surface area (Å²) >= 11 is 0. The Morgan fingerprint density at radius 1 is 1.11 bits per heavy atom. The van der Waals surface area contributed by atoms with Gasteiger partial charge in [0.15, 0.2) is 35.4 Å². The topological polar surface area (TPSA) is 168 Å². The van der Waals surface area contributed by atoms with E-state index in [1.54, 1.807) is 0 Å². The highest BCUT2D eigenvalue weighted by molar-refractivity contribution is 5.83. The van der Waals surface area contributed by atoms with Gasteiger partial charge < -0.3 is 24.3 Å². The Kier molecular flexibility index (Phi) is 6.68. The second-order valence-electron chi connectivity index (χ2n) is 9.77. The number of aromatic nitrogens is 4. The first kappa shape index (κ1) is 24.9. The molecule has 2 aliphatic carbocycles. The number of esters is 3. The molecule has 2 aromatic heterocycles. The number of fused-ring (bicyclic) bond motifs is 3. The maximum Gasteiger partial charge on any atom is 0.303 e. The minimum atomic E-state index is -1.10. The summed E-state index contributed by atoms with van der Waals surface area (Å²) in [7, 11) is 0. The Morgan fingerprint density at radius 2 is 1.86 bits per heavy atom. The number of carbonyl (C=O) groups excluding carboxylic acids is 3. The molecule has 5 rings (SSSR count). The number of rotatable bonds is 7. The molecule has 1 N–H and O–H groups in total. The lowest BCUT2D eigenvalue weighted by molar-refractivity contribution is -0.166. The maximum atomic E-state index is 12.0. The largest absolute Gasteiger partial charge is 0.463 e. The van der Waals surface area contributed by atoms with Crippen molar-refractivity contribution in [2.75, 3.05) is 11.9 Å². The van der Waals surface area contributed by atoms with Crippen molar-refractivity contribution < 1.29 is 33.3 Å². The fraction of sp³-hybridized carbons (Fsp3) is 0.625. The first-order valence-corrected chi connectivity index (χ1v) is 12.3. The average molecular weight is 513 g/mol. The van der Waals surface area contributed by atoms with Gasteiger partial charge in [-0.05, 0) is 31.1 Å². The number of ether oxygens (including phenoxy) is 4. The van der Waals surface area contributed by atoms with Crippen LogP contribution in [0.15, 0.2) is 6.33 Å². The predicted octanol–water partition coefficient (Wildman–Crippen LogP) is 1.62. The molecule has 13 nitrogen and oxygen atoms in total. The van der Waals surface area contributed by atoms with Crippen molar-refractivity contribution in [3.05, 3.63) is 12.2 Å². The molecule has 1 aliphatic heterocycles. The van der Waals surface area contributed by atoms with Crippen LogP contribution in [0.25, 0.3) is 11.2 Å². The quantitative estimate of drug-likeness (QED) is 0.421. The van der Waals surface area contributed by atoms with E-state index >= 15 is 0 Å². The van der Waals surface area contributed by atoms with Gasteiger partial charge in [0.1, 0.15) is 18.8 Å². The number of hydrogen-bond acceptors (Lipinski definition) is 12. The van der Waals surface area contributed by atoms with E-state index < -0.39 is 42.4 Å². The number of carbonyl (C=O) groups is 3. The third kappa shape index (κ3) is 4.93. The molecule has 2 aromatic rings. The molecule has 0 amide bonds. The van der Waals surface area contributed by atoms with Gasteiger partial charge in [0.25, 0.3) is 0 Å². The second kappa shape index (κ2) is 9.93. The Morgan fingerprint density at radius 3 is 2.49 bits per heavy atom. The van der Waals surface area contributed by atoms with Crippen LogP contribution in [0.3, 0.4) is 0 Å². The van der Waals surface area contributed by atoms with Crippen LogP contribution in [-0.2, 0) is 33.3 Å². The molecule has 13 heteroatoms. The van der Waals surface area contributed by atoms with Gasteiger partial charge in [-0.3, -0.25) is 19.0 Å². The fourth-order valence-electron chi connectivity index (χ4n) is 5.77. The molecule has 0 radical (unpaired) electrons. The molecular formula is C24H28N6O7. The molecule has 2 bridgehead atoms. The summed E-state index contributed by atoms with van der Waals surface area (Å²) in [4.78, 5) is 48.5. The second-order valence-corrected chi connectivity index (χ2v) is 9.77. The average Bonchev–Trinajstić information content (AvgIpc) is 3.61. The van der Waals surface area contributed by atoms with Crippen LogP contribution in [-0.4, -0.2) is 68.4 Å². The van der Waals surface area contributed by atoms with Gasteiger partial charge in [0.2, 0.25) is 5.82 Å². The molecule has 2 saturated carbocycles. The molecule has 0 aromatic carbocycles. The molecule has 7 unspecified atom stereocenters. The zero-order valence-corrected chi connectivity index (χ0v) is 20.7. The van der Waals surface area contributed by atoms with E-state index in [4.69, 9.17) is 18.9 Å². The molecule has 0 spiro atoms. The minimum Gasteiger partial charge on any atom is -0.463 e. The molecule has 7 atom stereocenters. The van der Waals surface area contributed by atoms with E-state index in [1.165, 1.54) is 44.5 Å². The summed E-state index contributed by atoms with van der Waals surface area (Å²) in [6, 6.07) is 2.23. The first-order valence-electron chi connectivity index (χ1n) is 12.3. The van der Waals surface area contributed by atoms with Gasteiger partial charge in [-0.15, -0.1) is 0 Å². The van der Waals surface area contributed by atoms with Crippen LogP contribution < -0.4 is 5.32 Å². The third-order valence-corrected chi connectivity index (χ3v) is 7.20. The number of hydrogen-bond donors (Lipinski definition) is 1. The summed E-state index contributed by atoms with van der Waals surface area (Å²) in [5.41, 5.74) is 0.716. The van der Waals surface area contributed by atoms with Crippen molar-refractivity contribution in [3.63, 3.8) is 0 Å². The normalized spacial score (nSPS) is 30.2. The first-order chi connectivity index (χ1) is 17.7. The van der Waals surface area contributed by atoms with E-state index in [2.05, 4.69) is 20.3 Å². The van der Waals surface area contributed by atoms with Crippen molar-refractivity contribution in [1.29, 1.82) is 5.26 Å². The highest BCUT2D eigenvalue weighted by Gasteiger charge is 2.51. The smallest absolute Gasteiger partial charge is 0.303 e. The predicted molar refractivity (Wildman–Crippen MR) is 125 cm³/mol. The monoisotopic (exact) mass is 512 g/mol. The molecule has 3 aliphatic rings. The van der Waals surface area contributed by atoms with Crippen molar-refractivity contribution in [2.45, 2.75) is 77.0 Å². The van der Waals surface area contributed by atoms with Gasteiger partial charge >= 0.3 is 17.9 Å². The summed E-state index contributed by atoms with van der Waals surface area (Å²) in [5.74, 6) is -0.144. The van der Waals surface area contributed by atoms with Crippen LogP contribution in [0.2, 0.25) is 0 Å². The Labute approximate surface area is 212 Å². The number of nitrogens with one attached hydrogen (secondary N) is 1. The van der Waals surface area contributed by atoms with E-state index in [9.17, 15) is 19.6 Å². The number of imidazole rings is 1. The van der Waals surface area contributed by atoms with Crippen LogP contribution in [0.5, 0.6) is 0 Å². The van der Waals surface area contributed by atoms with E-state index in [0.29, 0.717) is 23.2 Å². The summed E-state index contributed by atoms with van der Waals surface area (Å²) < 4.78 is 23.7. The highest BCUT2D eigenvalue weighted by Crippen LogP contribution is 2.46. The molecule has 37 heavy (non-hydrogen) atoms. The van der Waals surface area contributed by atoms with E-state index in [0.717, 1.165) is 12.8 Å². The Hall–Kier alpha value is -3.79. The van der Waals surface area contributed by atoms with Gasteiger partial charge in [-0.2, -0.15) is 15.2 Å². The fourth-order valence-corrected chi connectivity index (χ4v) is 5.77. The van der Waals surface area contributed by atoms with Crippen LogP contribution >= 0.6 is 0 Å². The molecule has 3 fully saturated rings. The van der Waals surface area contributed by atoms with Crippen LogP contribution in [0.1, 0.15) is 58.5 Å². The lowest BCUT2D eigenvalue weighted by Gasteiger charge is -2.24. The third-order valence-electron chi connectivity index (χ3n) is 7.20. The standard InChI is InChI=1S/C24H28N6O7/c1-11(31)34-9-17-20(35-12(2)32)21(36-13(3)33)24(37-17)30-10-26-19-22(28-18(8-25)29-23(19)30)27-16-7-14-4-5-15(16)6-14/h10,14-17,20-21,24H,4-7,9H2,1-3H3,(H,27,28,29). The van der Waals surface area contributed by atoms with E-state index in [-0.39, 0.29) is 24.1 Å². The van der Waals surface area contributed by atoms with Crippen molar-refractivity contribution in [2.24, 2.45) is 11.8 Å². The van der Waals surface area contributed by atoms with Crippen LogP contribution in [0.4, 0.5) is 5.82 Å². The van der Waals surface area contributed by atoms with E-state index in [1.807, 2.05) is 6.07 Å². The lowest BCUT2D eigenvalue weighted by Crippen LogP contribution is -2.40. The molecule has 1 saturated heterocycles. The molecule has 3 heterocycles.